The molecule has 1 aliphatic carbocycles. The Kier molecular flexibility index (Phi) is 5.16. The largest absolute Gasteiger partial charge is 0.344 e. The molecule has 1 atom stereocenters. The van der Waals surface area contributed by atoms with E-state index in [1.165, 1.54) is 4.88 Å². The molecule has 0 saturated heterocycles. The topological polar surface area (TPSA) is 49.4 Å². The number of amides is 2. The molecule has 6 heteroatoms. The van der Waals surface area contributed by atoms with E-state index in [-0.39, 0.29) is 17.7 Å². The van der Waals surface area contributed by atoms with Crippen molar-refractivity contribution in [2.75, 3.05) is 19.4 Å². The molecule has 25 heavy (non-hydrogen) atoms. The number of benzene rings is 1. The van der Waals surface area contributed by atoms with E-state index in [4.69, 9.17) is 11.6 Å². The summed E-state index contributed by atoms with van der Waals surface area (Å²) in [5, 5.41) is 3.68. The molecule has 3 rings (SSSR count). The highest BCUT2D eigenvalue weighted by Crippen LogP contribution is 2.33. The van der Waals surface area contributed by atoms with Crippen molar-refractivity contribution in [2.45, 2.75) is 26.2 Å². The molecule has 1 N–H and O–H groups in total. The van der Waals surface area contributed by atoms with Crippen molar-refractivity contribution in [3.63, 3.8) is 0 Å². The van der Waals surface area contributed by atoms with Crippen molar-refractivity contribution >= 4 is 40.4 Å². The zero-order chi connectivity index (χ0) is 18.1. The minimum absolute atomic E-state index is 0.0252. The summed E-state index contributed by atoms with van der Waals surface area (Å²) in [6.07, 6.45) is 2.34. The Labute approximate surface area is 156 Å². The number of carbonyl (C=O) groups excluding carboxylic acids is 2. The summed E-state index contributed by atoms with van der Waals surface area (Å²) in [6.45, 7) is 1.93. The summed E-state index contributed by atoms with van der Waals surface area (Å²) in [5.41, 5.74) is 2.88. The highest BCUT2D eigenvalue weighted by Gasteiger charge is 2.28. The Hall–Kier alpha value is -1.85. The zero-order valence-corrected chi connectivity index (χ0v) is 16.1. The standard InChI is InChI=1S/C19H21ClN2O2S/c1-11-8-14(20)5-6-15(11)21-18(23)12-4-7-16-13(9-12)10-17(25-16)19(24)22(2)3/h5-6,8,10,12H,4,7,9H2,1-3H3,(H,21,23)/t12-/m1/s1. The summed E-state index contributed by atoms with van der Waals surface area (Å²) >= 11 is 7.52. The molecule has 1 aliphatic rings. The van der Waals surface area contributed by atoms with Crippen LogP contribution in [0.4, 0.5) is 5.69 Å². The van der Waals surface area contributed by atoms with Gasteiger partial charge in [0.15, 0.2) is 0 Å². The number of nitrogens with zero attached hydrogens (tertiary/aromatic N) is 1. The van der Waals surface area contributed by atoms with Crippen LogP contribution in [0.5, 0.6) is 0 Å². The smallest absolute Gasteiger partial charge is 0.263 e. The molecule has 0 bridgehead atoms. The van der Waals surface area contributed by atoms with Gasteiger partial charge in [0, 0.05) is 35.6 Å². The van der Waals surface area contributed by atoms with Gasteiger partial charge in [-0.3, -0.25) is 9.59 Å². The first kappa shape index (κ1) is 18.0. The molecule has 1 aromatic carbocycles. The molecule has 0 saturated carbocycles. The Morgan fingerprint density at radius 3 is 2.72 bits per heavy atom. The van der Waals surface area contributed by atoms with Crippen LogP contribution in [0.25, 0.3) is 0 Å². The van der Waals surface area contributed by atoms with Crippen LogP contribution in [0, 0.1) is 12.8 Å². The first-order valence-corrected chi connectivity index (χ1v) is 9.45. The van der Waals surface area contributed by atoms with Crippen LogP contribution < -0.4 is 5.32 Å². The van der Waals surface area contributed by atoms with E-state index in [2.05, 4.69) is 5.32 Å². The molecule has 0 unspecified atom stereocenters. The minimum atomic E-state index is -0.0699. The molecule has 2 aromatic rings. The van der Waals surface area contributed by atoms with Crippen molar-refractivity contribution < 1.29 is 9.59 Å². The number of hydrogen-bond donors (Lipinski definition) is 1. The first-order chi connectivity index (χ1) is 11.8. The number of thiophene rings is 1. The predicted octanol–water partition coefficient (Wildman–Crippen LogP) is 4.16. The highest BCUT2D eigenvalue weighted by molar-refractivity contribution is 7.14. The summed E-state index contributed by atoms with van der Waals surface area (Å²) in [4.78, 5) is 28.4. The average Bonchev–Trinajstić information content (AvgIpc) is 2.99. The maximum absolute atomic E-state index is 12.6. The van der Waals surface area contributed by atoms with Gasteiger partial charge in [-0.2, -0.15) is 0 Å². The van der Waals surface area contributed by atoms with Gasteiger partial charge >= 0.3 is 0 Å². The molecule has 2 amide bonds. The van der Waals surface area contributed by atoms with Crippen LogP contribution in [0.2, 0.25) is 5.02 Å². The number of fused-ring (bicyclic) bond motifs is 1. The number of nitrogens with one attached hydrogen (secondary N) is 1. The van der Waals surface area contributed by atoms with Crippen molar-refractivity contribution in [1.29, 1.82) is 0 Å². The van der Waals surface area contributed by atoms with Gasteiger partial charge in [0.1, 0.15) is 0 Å². The molecule has 0 fully saturated rings. The van der Waals surface area contributed by atoms with Gasteiger partial charge < -0.3 is 10.2 Å². The van der Waals surface area contributed by atoms with Crippen molar-refractivity contribution in [2.24, 2.45) is 5.92 Å². The summed E-state index contributed by atoms with van der Waals surface area (Å²) in [5.74, 6) is -0.0144. The molecule has 132 valence electrons. The number of hydrogen-bond acceptors (Lipinski definition) is 3. The van der Waals surface area contributed by atoms with Crippen LogP contribution in [0.1, 0.15) is 32.1 Å². The Balaban J connectivity index is 1.71. The fourth-order valence-corrected chi connectivity index (χ4v) is 4.53. The maximum atomic E-state index is 12.6. The lowest BCUT2D eigenvalue weighted by Gasteiger charge is -2.21. The number of anilines is 1. The van der Waals surface area contributed by atoms with E-state index in [0.29, 0.717) is 11.4 Å². The van der Waals surface area contributed by atoms with Gasteiger partial charge in [0.25, 0.3) is 5.91 Å². The van der Waals surface area contributed by atoms with Gasteiger partial charge in [-0.1, -0.05) is 11.6 Å². The molecule has 4 nitrogen and oxygen atoms in total. The second-order valence-corrected chi connectivity index (χ2v) is 8.22. The van der Waals surface area contributed by atoms with Crippen molar-refractivity contribution in [1.82, 2.24) is 4.90 Å². The van der Waals surface area contributed by atoms with Gasteiger partial charge in [-0.15, -0.1) is 11.3 Å². The van der Waals surface area contributed by atoms with E-state index >= 15 is 0 Å². The molecular formula is C19H21ClN2O2S. The van der Waals surface area contributed by atoms with Gasteiger partial charge in [-0.05, 0) is 61.6 Å². The molecule has 0 aliphatic heterocycles. The first-order valence-electron chi connectivity index (χ1n) is 8.25. The third-order valence-electron chi connectivity index (χ3n) is 4.52. The van der Waals surface area contributed by atoms with Gasteiger partial charge in [-0.25, -0.2) is 0 Å². The lowest BCUT2D eigenvalue weighted by Crippen LogP contribution is -2.27. The van der Waals surface area contributed by atoms with Crippen LogP contribution in [0.15, 0.2) is 24.3 Å². The third-order valence-corrected chi connectivity index (χ3v) is 5.98. The van der Waals surface area contributed by atoms with Gasteiger partial charge in [0.05, 0.1) is 4.88 Å². The molecule has 0 spiro atoms. The minimum Gasteiger partial charge on any atom is -0.344 e. The third kappa shape index (κ3) is 3.88. The molecule has 1 aromatic heterocycles. The molecule has 1 heterocycles. The second kappa shape index (κ2) is 7.18. The van der Waals surface area contributed by atoms with Crippen molar-refractivity contribution in [3.05, 3.63) is 50.2 Å². The van der Waals surface area contributed by atoms with Gasteiger partial charge in [0.2, 0.25) is 5.91 Å². The van der Waals surface area contributed by atoms with E-state index in [0.717, 1.165) is 34.5 Å². The number of aryl methyl sites for hydroxylation is 2. The number of halogens is 1. The van der Waals surface area contributed by atoms with E-state index in [1.807, 2.05) is 25.1 Å². The van der Waals surface area contributed by atoms with Crippen molar-refractivity contribution in [3.8, 4) is 0 Å². The Morgan fingerprint density at radius 1 is 1.28 bits per heavy atom. The van der Waals surface area contributed by atoms with E-state index in [9.17, 15) is 9.59 Å². The Morgan fingerprint density at radius 2 is 2.04 bits per heavy atom. The molecule has 0 radical (unpaired) electrons. The number of rotatable bonds is 3. The average molecular weight is 377 g/mol. The quantitative estimate of drug-likeness (QED) is 0.874. The summed E-state index contributed by atoms with van der Waals surface area (Å²) in [7, 11) is 3.51. The lowest BCUT2D eigenvalue weighted by atomic mass is 9.87. The molecular weight excluding hydrogens is 356 g/mol. The number of carbonyl (C=O) groups is 2. The van der Waals surface area contributed by atoms with Crippen LogP contribution >= 0.6 is 22.9 Å². The maximum Gasteiger partial charge on any atom is 0.263 e. The second-order valence-electron chi connectivity index (χ2n) is 6.65. The fourth-order valence-electron chi connectivity index (χ4n) is 3.08. The zero-order valence-electron chi connectivity index (χ0n) is 14.6. The Bertz CT molecular complexity index is 829. The lowest BCUT2D eigenvalue weighted by molar-refractivity contribution is -0.120. The van der Waals surface area contributed by atoms with Crippen LogP contribution in [-0.2, 0) is 17.6 Å². The van der Waals surface area contributed by atoms with E-state index in [1.54, 1.807) is 36.4 Å². The normalized spacial score (nSPS) is 16.2. The van der Waals surface area contributed by atoms with Crippen LogP contribution in [0.3, 0.4) is 0 Å². The summed E-state index contributed by atoms with van der Waals surface area (Å²) in [6, 6.07) is 7.41. The summed E-state index contributed by atoms with van der Waals surface area (Å²) < 4.78 is 0. The monoisotopic (exact) mass is 376 g/mol. The predicted molar refractivity (Wildman–Crippen MR) is 103 cm³/mol. The fraction of sp³-hybridized carbons (Fsp3) is 0.368. The highest BCUT2D eigenvalue weighted by atomic mass is 35.5. The van der Waals surface area contributed by atoms with E-state index < -0.39 is 0 Å². The van der Waals surface area contributed by atoms with Crippen LogP contribution in [-0.4, -0.2) is 30.8 Å². The SMILES string of the molecule is Cc1cc(Cl)ccc1NC(=O)[C@@H]1CCc2sc(C(=O)N(C)C)cc2C1.